The van der Waals surface area contributed by atoms with Gasteiger partial charge in [-0.2, -0.15) is 0 Å². The number of hydrogen-bond donors (Lipinski definition) is 2. The van der Waals surface area contributed by atoms with Crippen LogP contribution in [0.3, 0.4) is 0 Å². The molecule has 1 amide bonds. The van der Waals surface area contributed by atoms with E-state index in [-0.39, 0.29) is 23.4 Å². The van der Waals surface area contributed by atoms with Gasteiger partial charge in [0.25, 0.3) is 5.91 Å². The molecule has 3 rings (SSSR count). The number of aromatic carboxylic acids is 1. The number of halogens is 4. The van der Waals surface area contributed by atoms with Crippen molar-refractivity contribution < 1.29 is 37.0 Å². The molecule has 1 aliphatic rings. The SMILES string of the molecule is O=C(O)c1ccc(C(=O)N[C@H](c2ncccc2F)C2C=CC(OC(F)(F)F)=CC2)nc1. The predicted octanol–water partition coefficient (Wildman–Crippen LogP) is 3.78. The highest BCUT2D eigenvalue weighted by molar-refractivity contribution is 5.94. The van der Waals surface area contributed by atoms with Gasteiger partial charge in [0.2, 0.25) is 0 Å². The van der Waals surface area contributed by atoms with Crippen molar-refractivity contribution >= 4 is 11.9 Å². The monoisotopic (exact) mass is 437 g/mol. The molecule has 0 fully saturated rings. The molecule has 162 valence electrons. The average Bonchev–Trinajstić information content (AvgIpc) is 2.72. The lowest BCUT2D eigenvalue weighted by atomic mass is 9.89. The number of hydrogen-bond acceptors (Lipinski definition) is 5. The molecule has 0 saturated heterocycles. The minimum absolute atomic E-state index is 0.00819. The van der Waals surface area contributed by atoms with Gasteiger partial charge in [0.05, 0.1) is 17.3 Å². The van der Waals surface area contributed by atoms with E-state index in [4.69, 9.17) is 5.11 Å². The summed E-state index contributed by atoms with van der Waals surface area (Å²) in [4.78, 5) is 31.3. The zero-order chi connectivity index (χ0) is 22.6. The Morgan fingerprint density at radius 2 is 2.00 bits per heavy atom. The van der Waals surface area contributed by atoms with Crippen molar-refractivity contribution in [3.8, 4) is 0 Å². The van der Waals surface area contributed by atoms with Crippen molar-refractivity contribution in [1.82, 2.24) is 15.3 Å². The molecular formula is C20H15F4N3O4. The van der Waals surface area contributed by atoms with E-state index in [1.807, 2.05) is 0 Å². The normalized spacial score (nSPS) is 16.9. The first-order chi connectivity index (χ1) is 14.6. The number of ether oxygens (including phenoxy) is 1. The van der Waals surface area contributed by atoms with Gasteiger partial charge in [0, 0.05) is 18.3 Å². The molecule has 1 aliphatic carbocycles. The number of nitrogens with one attached hydrogen (secondary N) is 1. The van der Waals surface area contributed by atoms with Crippen LogP contribution in [0.4, 0.5) is 17.6 Å². The Morgan fingerprint density at radius 3 is 2.55 bits per heavy atom. The van der Waals surface area contributed by atoms with Crippen molar-refractivity contribution in [1.29, 1.82) is 0 Å². The molecule has 0 aliphatic heterocycles. The van der Waals surface area contributed by atoms with Crippen LogP contribution in [-0.4, -0.2) is 33.3 Å². The Balaban J connectivity index is 1.83. The van der Waals surface area contributed by atoms with E-state index >= 15 is 0 Å². The van der Waals surface area contributed by atoms with Crippen molar-refractivity contribution in [2.45, 2.75) is 18.8 Å². The number of aromatic nitrogens is 2. The lowest BCUT2D eigenvalue weighted by molar-refractivity contribution is -0.303. The van der Waals surface area contributed by atoms with E-state index in [0.717, 1.165) is 18.3 Å². The summed E-state index contributed by atoms with van der Waals surface area (Å²) in [5, 5.41) is 11.5. The number of allylic oxidation sites excluding steroid dienone is 2. The van der Waals surface area contributed by atoms with E-state index < -0.39 is 41.8 Å². The van der Waals surface area contributed by atoms with E-state index in [1.165, 1.54) is 36.5 Å². The number of carboxylic acid groups (broad SMARTS) is 1. The molecule has 2 heterocycles. The van der Waals surface area contributed by atoms with Crippen LogP contribution in [0.2, 0.25) is 0 Å². The van der Waals surface area contributed by atoms with Crippen molar-refractivity contribution in [3.05, 3.63) is 83.4 Å². The van der Waals surface area contributed by atoms with Gasteiger partial charge in [-0.25, -0.2) is 9.18 Å². The van der Waals surface area contributed by atoms with Crippen LogP contribution in [-0.2, 0) is 4.74 Å². The highest BCUT2D eigenvalue weighted by Gasteiger charge is 2.33. The topological polar surface area (TPSA) is 101 Å². The minimum Gasteiger partial charge on any atom is -0.478 e. The third kappa shape index (κ3) is 5.65. The van der Waals surface area contributed by atoms with Crippen LogP contribution in [0, 0.1) is 11.7 Å². The number of amides is 1. The summed E-state index contributed by atoms with van der Waals surface area (Å²) in [5.74, 6) is -3.71. The van der Waals surface area contributed by atoms with Crippen molar-refractivity contribution in [3.63, 3.8) is 0 Å². The highest BCUT2D eigenvalue weighted by atomic mass is 19.4. The first-order valence-electron chi connectivity index (χ1n) is 8.89. The van der Waals surface area contributed by atoms with Crippen molar-refractivity contribution in [2.75, 3.05) is 0 Å². The lowest BCUT2D eigenvalue weighted by Gasteiger charge is -2.27. The van der Waals surface area contributed by atoms with Crippen LogP contribution >= 0.6 is 0 Å². The Kier molecular flexibility index (Phi) is 6.33. The Hall–Kier alpha value is -3.76. The molecule has 0 radical (unpaired) electrons. The molecule has 0 aromatic carbocycles. The molecule has 7 nitrogen and oxygen atoms in total. The lowest BCUT2D eigenvalue weighted by Crippen LogP contribution is -2.35. The molecule has 0 saturated carbocycles. The summed E-state index contributed by atoms with van der Waals surface area (Å²) in [5.41, 5.74) is -0.356. The van der Waals surface area contributed by atoms with Crippen LogP contribution in [0.5, 0.6) is 0 Å². The van der Waals surface area contributed by atoms with Gasteiger partial charge < -0.3 is 15.2 Å². The summed E-state index contributed by atoms with van der Waals surface area (Å²) in [6, 6.07) is 3.84. The fraction of sp³-hybridized carbons (Fsp3) is 0.200. The van der Waals surface area contributed by atoms with Gasteiger partial charge >= 0.3 is 12.3 Å². The summed E-state index contributed by atoms with van der Waals surface area (Å²) >= 11 is 0. The summed E-state index contributed by atoms with van der Waals surface area (Å²) in [6.07, 6.45) is 1.10. The number of pyridine rings is 2. The molecule has 11 heteroatoms. The van der Waals surface area contributed by atoms with Crippen LogP contribution < -0.4 is 5.32 Å². The molecular weight excluding hydrogens is 422 g/mol. The third-order valence-corrected chi connectivity index (χ3v) is 4.37. The number of carbonyl (C=O) groups is 2. The van der Waals surface area contributed by atoms with Crippen LogP contribution in [0.1, 0.15) is 39.0 Å². The molecule has 2 atom stereocenters. The highest BCUT2D eigenvalue weighted by Crippen LogP contribution is 2.32. The number of alkyl halides is 3. The third-order valence-electron chi connectivity index (χ3n) is 4.37. The Bertz CT molecular complexity index is 1040. The zero-order valence-corrected chi connectivity index (χ0v) is 15.6. The van der Waals surface area contributed by atoms with Gasteiger partial charge in [0.1, 0.15) is 17.3 Å². The molecule has 2 N–H and O–H groups in total. The predicted molar refractivity (Wildman–Crippen MR) is 98.1 cm³/mol. The quantitative estimate of drug-likeness (QED) is 0.667. The van der Waals surface area contributed by atoms with Gasteiger partial charge in [-0.3, -0.25) is 14.8 Å². The molecule has 0 spiro atoms. The zero-order valence-electron chi connectivity index (χ0n) is 15.6. The maximum Gasteiger partial charge on any atom is 0.573 e. The molecule has 31 heavy (non-hydrogen) atoms. The number of carbonyl (C=O) groups excluding carboxylic acids is 1. The molecule has 2 aromatic rings. The fourth-order valence-corrected chi connectivity index (χ4v) is 2.95. The van der Waals surface area contributed by atoms with Gasteiger partial charge in [0.15, 0.2) is 0 Å². The first kappa shape index (κ1) is 21.9. The number of rotatable bonds is 6. The van der Waals surface area contributed by atoms with Gasteiger partial charge in [-0.1, -0.05) is 6.08 Å². The second-order valence-electron chi connectivity index (χ2n) is 6.47. The second kappa shape index (κ2) is 8.94. The second-order valence-corrected chi connectivity index (χ2v) is 6.47. The Morgan fingerprint density at radius 1 is 1.23 bits per heavy atom. The van der Waals surface area contributed by atoms with E-state index in [1.54, 1.807) is 0 Å². The summed E-state index contributed by atoms with van der Waals surface area (Å²) < 4.78 is 55.4. The van der Waals surface area contributed by atoms with Crippen LogP contribution in [0.25, 0.3) is 0 Å². The van der Waals surface area contributed by atoms with E-state index in [9.17, 15) is 27.2 Å². The fourth-order valence-electron chi connectivity index (χ4n) is 2.95. The average molecular weight is 437 g/mol. The largest absolute Gasteiger partial charge is 0.573 e. The molecule has 1 unspecified atom stereocenters. The Labute approximate surface area is 173 Å². The molecule has 2 aromatic heterocycles. The minimum atomic E-state index is -4.85. The number of nitrogens with zero attached hydrogens (tertiary/aromatic N) is 2. The summed E-state index contributed by atoms with van der Waals surface area (Å²) in [6.45, 7) is 0. The van der Waals surface area contributed by atoms with E-state index in [0.29, 0.717) is 0 Å². The standard InChI is InChI=1S/C20H15F4N3O4/c21-14-2-1-9-25-17(14)16(11-3-6-13(7-4-11)31-20(22,23)24)27-18(28)15-8-5-12(10-26-15)19(29)30/h1-3,5-11,16H,4H2,(H,27,28)(H,29,30)/t11?,16-/m0/s1. The maximum atomic E-state index is 14.4. The van der Waals surface area contributed by atoms with Crippen molar-refractivity contribution in [2.24, 2.45) is 5.92 Å². The van der Waals surface area contributed by atoms with Crippen LogP contribution in [0.15, 0.2) is 60.6 Å². The first-order valence-corrected chi connectivity index (χ1v) is 8.89. The maximum absolute atomic E-state index is 14.4. The number of carboxylic acids is 1. The summed E-state index contributed by atoms with van der Waals surface area (Å²) in [7, 11) is 0. The smallest absolute Gasteiger partial charge is 0.478 e. The van der Waals surface area contributed by atoms with E-state index in [2.05, 4.69) is 20.0 Å². The van der Waals surface area contributed by atoms with Gasteiger partial charge in [-0.15, -0.1) is 13.2 Å². The molecule has 0 bridgehead atoms. The van der Waals surface area contributed by atoms with Gasteiger partial charge in [-0.05, 0) is 42.8 Å².